The Morgan fingerprint density at radius 3 is 2.45 bits per heavy atom. The number of Topliss-reactive ketones (excluding diaryl/α,β-unsaturated/α-hetero) is 1. The number of hydrogen-bond donors (Lipinski definition) is 2. The number of likely N-dealkylation sites (tertiary alicyclic amines) is 1. The van der Waals surface area contributed by atoms with Crippen LogP contribution in [0.5, 0.6) is 17.2 Å². The minimum absolute atomic E-state index is 0.0725. The number of carbonyl (C=O) groups is 2. The number of quaternary nitrogens is 1. The number of carbonyl (C=O) groups excluding carboxylic acids is 2. The predicted octanol–water partition coefficient (Wildman–Crippen LogP) is 0.558. The molecule has 1 aliphatic heterocycles. The Kier molecular flexibility index (Phi) is 7.60. The fraction of sp³-hybridized carbons (Fsp3) is 0.360. The Labute approximate surface area is 193 Å². The highest BCUT2D eigenvalue weighted by Gasteiger charge is 2.44. The van der Waals surface area contributed by atoms with Crippen LogP contribution in [-0.4, -0.2) is 62.6 Å². The summed E-state index contributed by atoms with van der Waals surface area (Å²) in [5.74, 6) is -1.27. The monoisotopic (exact) mass is 454 g/mol. The fourth-order valence-corrected chi connectivity index (χ4v) is 3.73. The molecule has 176 valence electrons. The van der Waals surface area contributed by atoms with Gasteiger partial charge in [-0.3, -0.25) is 9.59 Å². The van der Waals surface area contributed by atoms with Gasteiger partial charge in [0.2, 0.25) is 5.78 Å². The van der Waals surface area contributed by atoms with Crippen molar-refractivity contribution < 1.29 is 34.2 Å². The quantitative estimate of drug-likeness (QED) is 0.326. The summed E-state index contributed by atoms with van der Waals surface area (Å²) < 4.78 is 10.8. The van der Waals surface area contributed by atoms with Crippen LogP contribution in [-0.2, 0) is 9.59 Å². The lowest BCUT2D eigenvalue weighted by molar-refractivity contribution is -0.857. The van der Waals surface area contributed by atoms with Crippen LogP contribution in [0, 0.1) is 0 Å². The van der Waals surface area contributed by atoms with Crippen molar-refractivity contribution in [2.45, 2.75) is 19.4 Å². The van der Waals surface area contributed by atoms with Gasteiger partial charge < -0.3 is 29.5 Å². The molecule has 1 aliphatic rings. The van der Waals surface area contributed by atoms with Gasteiger partial charge in [0.25, 0.3) is 5.91 Å². The summed E-state index contributed by atoms with van der Waals surface area (Å²) in [6, 6.07) is 10.3. The van der Waals surface area contributed by atoms with Crippen LogP contribution in [0.15, 0.2) is 48.0 Å². The second-order valence-corrected chi connectivity index (χ2v) is 8.23. The van der Waals surface area contributed by atoms with Crippen molar-refractivity contribution >= 4 is 17.4 Å². The van der Waals surface area contributed by atoms with Crippen molar-refractivity contribution in [1.29, 1.82) is 0 Å². The molecule has 2 N–H and O–H groups in total. The molecule has 0 aliphatic carbocycles. The topological polar surface area (TPSA) is 104 Å². The number of ketones is 1. The second-order valence-electron chi connectivity index (χ2n) is 8.23. The zero-order valence-electron chi connectivity index (χ0n) is 19.4. The van der Waals surface area contributed by atoms with Crippen molar-refractivity contribution in [2.24, 2.45) is 0 Å². The number of phenols is 1. The second kappa shape index (κ2) is 10.4. The van der Waals surface area contributed by atoms with Gasteiger partial charge in [-0.1, -0.05) is 30.9 Å². The summed E-state index contributed by atoms with van der Waals surface area (Å²) >= 11 is 0. The number of nitrogens with zero attached hydrogens (tertiary/aromatic N) is 1. The third kappa shape index (κ3) is 5.12. The van der Waals surface area contributed by atoms with E-state index in [-0.39, 0.29) is 17.1 Å². The maximum absolute atomic E-state index is 13.5. The van der Waals surface area contributed by atoms with Crippen LogP contribution < -0.4 is 19.5 Å². The molecule has 3 rings (SSSR count). The highest BCUT2D eigenvalue weighted by atomic mass is 16.5. The van der Waals surface area contributed by atoms with Gasteiger partial charge in [-0.25, -0.2) is 0 Å². The van der Waals surface area contributed by atoms with Gasteiger partial charge in [-0.2, -0.15) is 0 Å². The summed E-state index contributed by atoms with van der Waals surface area (Å²) in [5, 5.41) is 23.5. The van der Waals surface area contributed by atoms with Crippen molar-refractivity contribution in [1.82, 2.24) is 4.90 Å². The molecule has 2 aromatic carbocycles. The van der Waals surface area contributed by atoms with Crippen LogP contribution in [0.3, 0.4) is 0 Å². The standard InChI is InChI=1S/C25H30N2O6/c1-5-14-33-18-9-6-16(7-10-18)23(29)21-22(17-8-11-19(28)20(15-17)32-4)27(13-12-26(2)3)25(31)24(21)30/h6-11,15,22,28-29H,5,12-14H2,1-4H3/b23-21+. The van der Waals surface area contributed by atoms with E-state index in [1.807, 2.05) is 21.0 Å². The normalized spacial score (nSPS) is 17.6. The smallest absolute Gasteiger partial charge is 0.295 e. The van der Waals surface area contributed by atoms with E-state index in [2.05, 4.69) is 0 Å². The van der Waals surface area contributed by atoms with Crippen molar-refractivity contribution in [3.63, 3.8) is 0 Å². The Balaban J connectivity index is 2.09. The summed E-state index contributed by atoms with van der Waals surface area (Å²) in [6.45, 7) is 3.45. The van der Waals surface area contributed by atoms with Gasteiger partial charge in [0.05, 0.1) is 46.9 Å². The molecule has 1 saturated heterocycles. The Morgan fingerprint density at radius 1 is 1.15 bits per heavy atom. The van der Waals surface area contributed by atoms with E-state index >= 15 is 0 Å². The average molecular weight is 455 g/mol. The number of phenolic OH excluding ortho intramolecular Hbond substituents is 1. The number of ether oxygens (including phenoxy) is 2. The number of nitrogens with one attached hydrogen (secondary N) is 1. The molecule has 33 heavy (non-hydrogen) atoms. The molecule has 1 heterocycles. The number of methoxy groups -OCH3 is 1. The first-order chi connectivity index (χ1) is 15.8. The van der Waals surface area contributed by atoms with Crippen LogP contribution >= 0.6 is 0 Å². The first-order valence-electron chi connectivity index (χ1n) is 10.9. The first-order valence-corrected chi connectivity index (χ1v) is 10.9. The first kappa shape index (κ1) is 24.1. The van der Waals surface area contributed by atoms with E-state index in [0.29, 0.717) is 36.6 Å². The minimum Gasteiger partial charge on any atom is -0.872 e. The number of aromatic hydroxyl groups is 1. The lowest BCUT2D eigenvalue weighted by Gasteiger charge is -2.28. The summed E-state index contributed by atoms with van der Waals surface area (Å²) in [5.41, 5.74) is 0.707. The fourth-order valence-electron chi connectivity index (χ4n) is 3.73. The molecule has 1 fully saturated rings. The maximum atomic E-state index is 13.5. The van der Waals surface area contributed by atoms with Crippen molar-refractivity contribution in [3.8, 4) is 17.2 Å². The van der Waals surface area contributed by atoms with E-state index in [9.17, 15) is 19.8 Å². The molecular formula is C25H30N2O6. The molecule has 8 heteroatoms. The molecule has 0 spiro atoms. The van der Waals surface area contributed by atoms with Crippen LogP contribution in [0.25, 0.3) is 5.76 Å². The molecule has 0 radical (unpaired) electrons. The maximum Gasteiger partial charge on any atom is 0.295 e. The summed E-state index contributed by atoms with van der Waals surface area (Å²) in [6.07, 6.45) is 0.859. The van der Waals surface area contributed by atoms with E-state index in [4.69, 9.17) is 9.47 Å². The largest absolute Gasteiger partial charge is 0.872 e. The van der Waals surface area contributed by atoms with Gasteiger partial charge >= 0.3 is 0 Å². The van der Waals surface area contributed by atoms with Crippen LogP contribution in [0.2, 0.25) is 0 Å². The average Bonchev–Trinajstić information content (AvgIpc) is 3.06. The summed E-state index contributed by atoms with van der Waals surface area (Å²) in [7, 11) is 5.30. The van der Waals surface area contributed by atoms with Crippen molar-refractivity contribution in [2.75, 3.05) is 40.9 Å². The van der Waals surface area contributed by atoms with E-state index < -0.39 is 23.5 Å². The lowest BCUT2D eigenvalue weighted by atomic mass is 9.95. The Hall–Kier alpha value is -3.52. The lowest BCUT2D eigenvalue weighted by Crippen LogP contribution is -3.06. The van der Waals surface area contributed by atoms with Gasteiger partial charge in [-0.15, -0.1) is 0 Å². The molecule has 0 bridgehead atoms. The molecule has 2 aromatic rings. The molecular weight excluding hydrogens is 424 g/mol. The molecule has 1 amide bonds. The number of amides is 1. The summed E-state index contributed by atoms with van der Waals surface area (Å²) in [4.78, 5) is 28.5. The minimum atomic E-state index is -0.873. The van der Waals surface area contributed by atoms with Crippen LogP contribution in [0.4, 0.5) is 0 Å². The third-order valence-corrected chi connectivity index (χ3v) is 5.49. The zero-order chi connectivity index (χ0) is 24.1. The predicted molar refractivity (Wildman–Crippen MR) is 121 cm³/mol. The molecule has 1 atom stereocenters. The van der Waals surface area contributed by atoms with Gasteiger partial charge in [0.1, 0.15) is 5.75 Å². The van der Waals surface area contributed by atoms with E-state index in [1.54, 1.807) is 36.4 Å². The number of likely N-dealkylation sites (N-methyl/N-ethyl adjacent to an activating group) is 1. The zero-order valence-corrected chi connectivity index (χ0v) is 19.4. The Bertz CT molecular complexity index is 1050. The SMILES string of the molecule is CCCOc1ccc(/C([O-])=C2\C(=O)C(=O)N(CC[NH+](C)C)C2c2ccc(O)c(OC)c2)cc1. The number of benzene rings is 2. The van der Waals surface area contributed by atoms with E-state index in [0.717, 1.165) is 11.3 Å². The third-order valence-electron chi connectivity index (χ3n) is 5.49. The number of hydrogen-bond acceptors (Lipinski definition) is 6. The highest BCUT2D eigenvalue weighted by Crippen LogP contribution is 2.41. The highest BCUT2D eigenvalue weighted by molar-refractivity contribution is 6.46. The van der Waals surface area contributed by atoms with Gasteiger partial charge in [0, 0.05) is 5.57 Å². The molecule has 0 saturated carbocycles. The Morgan fingerprint density at radius 2 is 1.85 bits per heavy atom. The van der Waals surface area contributed by atoms with Gasteiger partial charge in [0.15, 0.2) is 11.5 Å². The van der Waals surface area contributed by atoms with E-state index in [1.165, 1.54) is 18.1 Å². The van der Waals surface area contributed by atoms with Gasteiger partial charge in [-0.05, 0) is 41.8 Å². The number of rotatable bonds is 9. The molecule has 8 nitrogen and oxygen atoms in total. The molecule has 1 unspecified atom stereocenters. The van der Waals surface area contributed by atoms with Crippen molar-refractivity contribution in [3.05, 3.63) is 59.2 Å². The molecule has 0 aromatic heterocycles. The van der Waals surface area contributed by atoms with Crippen LogP contribution in [0.1, 0.15) is 30.5 Å².